The van der Waals surface area contributed by atoms with E-state index in [2.05, 4.69) is 47.9 Å². The van der Waals surface area contributed by atoms with Crippen LogP contribution in [0.1, 0.15) is 54.0 Å². The van der Waals surface area contributed by atoms with Crippen LogP contribution in [0.4, 0.5) is 0 Å². The number of amides is 1. The molecule has 2 aromatic rings. The van der Waals surface area contributed by atoms with E-state index in [-0.39, 0.29) is 17.9 Å². The molecule has 0 aromatic carbocycles. The SMILES string of the molecule is CCCn1nc(C)c(CNC[C@@H]2CC(=O)N(C)[C@H]2c2cnn(C)c2C)c1C. The van der Waals surface area contributed by atoms with Gasteiger partial charge in [-0.2, -0.15) is 10.2 Å². The number of nitrogens with zero attached hydrogens (tertiary/aromatic N) is 5. The maximum absolute atomic E-state index is 12.4. The summed E-state index contributed by atoms with van der Waals surface area (Å²) in [5.74, 6) is 0.454. The number of carbonyl (C=O) groups is 1. The molecule has 0 radical (unpaired) electrons. The first kappa shape index (κ1) is 19.6. The molecule has 0 unspecified atom stereocenters. The van der Waals surface area contributed by atoms with Crippen LogP contribution in [0.15, 0.2) is 6.20 Å². The fraction of sp³-hybridized carbons (Fsp3) is 0.650. The lowest BCUT2D eigenvalue weighted by Gasteiger charge is -2.25. The molecule has 148 valence electrons. The molecular formula is C20H32N6O. The van der Waals surface area contributed by atoms with Gasteiger partial charge in [0.15, 0.2) is 0 Å². The molecular weight excluding hydrogens is 340 g/mol. The molecule has 1 aliphatic heterocycles. The third-order valence-electron chi connectivity index (χ3n) is 5.96. The molecule has 7 heteroatoms. The normalized spacial score (nSPS) is 20.1. The first-order valence-corrected chi connectivity index (χ1v) is 9.82. The van der Waals surface area contributed by atoms with Gasteiger partial charge < -0.3 is 10.2 Å². The highest BCUT2D eigenvalue weighted by Gasteiger charge is 2.39. The van der Waals surface area contributed by atoms with Crippen molar-refractivity contribution in [3.63, 3.8) is 0 Å². The standard InChI is InChI=1S/C20H32N6O/c1-7-8-26-15(4)17(13(2)23-26)11-21-10-16-9-19(27)24(5)20(16)18-12-22-25(6)14(18)3/h12,16,20-21H,7-11H2,1-6H3/t16-,20+/m0/s1. The lowest BCUT2D eigenvalue weighted by atomic mass is 9.94. The number of aryl methyl sites for hydroxylation is 3. The minimum Gasteiger partial charge on any atom is -0.338 e. The average Bonchev–Trinajstić information content (AvgIpc) is 3.19. The molecule has 0 bridgehead atoms. The van der Waals surface area contributed by atoms with Crippen molar-refractivity contribution < 1.29 is 4.79 Å². The van der Waals surface area contributed by atoms with Crippen molar-refractivity contribution in [1.29, 1.82) is 0 Å². The number of aromatic nitrogens is 4. The molecule has 1 saturated heterocycles. The first-order chi connectivity index (χ1) is 12.8. The Hall–Kier alpha value is -2.15. The lowest BCUT2D eigenvalue weighted by Crippen LogP contribution is -2.29. The molecule has 3 rings (SSSR count). The molecule has 3 heterocycles. The van der Waals surface area contributed by atoms with Crippen LogP contribution in [0.25, 0.3) is 0 Å². The summed E-state index contributed by atoms with van der Waals surface area (Å²) >= 11 is 0. The molecule has 7 nitrogen and oxygen atoms in total. The smallest absolute Gasteiger partial charge is 0.223 e. The van der Waals surface area contributed by atoms with Crippen LogP contribution in [0, 0.1) is 26.7 Å². The fourth-order valence-electron chi connectivity index (χ4n) is 4.21. The molecule has 0 spiro atoms. The first-order valence-electron chi connectivity index (χ1n) is 9.82. The molecule has 27 heavy (non-hydrogen) atoms. The number of hydrogen-bond acceptors (Lipinski definition) is 4. The zero-order valence-corrected chi connectivity index (χ0v) is 17.4. The third kappa shape index (κ3) is 3.65. The number of rotatable bonds is 7. The van der Waals surface area contributed by atoms with Gasteiger partial charge in [0.2, 0.25) is 5.91 Å². The predicted molar refractivity (Wildman–Crippen MR) is 105 cm³/mol. The van der Waals surface area contributed by atoms with E-state index in [0.29, 0.717) is 6.42 Å². The summed E-state index contributed by atoms with van der Waals surface area (Å²) in [6.45, 7) is 11.0. The average molecular weight is 373 g/mol. The number of likely N-dealkylation sites (tertiary alicyclic amines) is 1. The lowest BCUT2D eigenvalue weighted by molar-refractivity contribution is -0.127. The predicted octanol–water partition coefficient (Wildman–Crippen LogP) is 2.26. The van der Waals surface area contributed by atoms with Crippen LogP contribution >= 0.6 is 0 Å². The van der Waals surface area contributed by atoms with Crippen molar-refractivity contribution in [1.82, 2.24) is 29.8 Å². The monoisotopic (exact) mass is 372 g/mol. The Morgan fingerprint density at radius 1 is 1.22 bits per heavy atom. The second kappa shape index (κ2) is 7.84. The highest BCUT2D eigenvalue weighted by molar-refractivity contribution is 5.79. The van der Waals surface area contributed by atoms with E-state index in [9.17, 15) is 4.79 Å². The van der Waals surface area contributed by atoms with Crippen LogP contribution in [-0.2, 0) is 24.9 Å². The Balaban J connectivity index is 1.70. The minimum absolute atomic E-state index is 0.0868. The summed E-state index contributed by atoms with van der Waals surface area (Å²) < 4.78 is 3.98. The van der Waals surface area contributed by atoms with Gasteiger partial charge in [-0.3, -0.25) is 14.2 Å². The molecule has 1 N–H and O–H groups in total. The van der Waals surface area contributed by atoms with Crippen molar-refractivity contribution in [3.8, 4) is 0 Å². The van der Waals surface area contributed by atoms with Crippen LogP contribution < -0.4 is 5.32 Å². The van der Waals surface area contributed by atoms with Gasteiger partial charge in [-0.15, -0.1) is 0 Å². The van der Waals surface area contributed by atoms with Gasteiger partial charge in [-0.25, -0.2) is 0 Å². The molecule has 1 aliphatic rings. The zero-order valence-electron chi connectivity index (χ0n) is 17.4. The van der Waals surface area contributed by atoms with Gasteiger partial charge in [0.1, 0.15) is 0 Å². The summed E-state index contributed by atoms with van der Waals surface area (Å²) in [6.07, 6.45) is 3.57. The van der Waals surface area contributed by atoms with Crippen LogP contribution in [0.5, 0.6) is 0 Å². The number of hydrogen-bond donors (Lipinski definition) is 1. The number of nitrogens with one attached hydrogen (secondary N) is 1. The van der Waals surface area contributed by atoms with E-state index in [0.717, 1.165) is 43.0 Å². The number of carbonyl (C=O) groups excluding carboxylic acids is 1. The summed E-state index contributed by atoms with van der Waals surface area (Å²) in [4.78, 5) is 14.2. The third-order valence-corrected chi connectivity index (χ3v) is 5.96. The Morgan fingerprint density at radius 2 is 1.96 bits per heavy atom. The van der Waals surface area contributed by atoms with Crippen LogP contribution in [-0.4, -0.2) is 44.0 Å². The largest absolute Gasteiger partial charge is 0.338 e. The van der Waals surface area contributed by atoms with Crippen molar-refractivity contribution in [2.45, 2.75) is 59.7 Å². The summed E-state index contributed by atoms with van der Waals surface area (Å²) in [6, 6.07) is 0.0868. The van der Waals surface area contributed by atoms with E-state index < -0.39 is 0 Å². The maximum Gasteiger partial charge on any atom is 0.223 e. The molecule has 0 saturated carbocycles. The Labute approximate surface area is 161 Å². The van der Waals surface area contributed by atoms with Gasteiger partial charge in [0.25, 0.3) is 0 Å². The van der Waals surface area contributed by atoms with Gasteiger partial charge in [-0.1, -0.05) is 6.92 Å². The van der Waals surface area contributed by atoms with Gasteiger partial charge in [0, 0.05) is 68.6 Å². The van der Waals surface area contributed by atoms with E-state index in [1.807, 2.05) is 29.9 Å². The van der Waals surface area contributed by atoms with Gasteiger partial charge in [-0.05, 0) is 27.2 Å². The summed E-state index contributed by atoms with van der Waals surface area (Å²) in [7, 11) is 3.85. The van der Waals surface area contributed by atoms with Gasteiger partial charge in [0.05, 0.1) is 17.9 Å². The zero-order chi connectivity index (χ0) is 19.7. The molecule has 0 aliphatic carbocycles. The molecule has 1 amide bonds. The topological polar surface area (TPSA) is 68.0 Å². The van der Waals surface area contributed by atoms with Crippen LogP contribution in [0.2, 0.25) is 0 Å². The van der Waals surface area contributed by atoms with Crippen molar-refractivity contribution >= 4 is 5.91 Å². The van der Waals surface area contributed by atoms with Crippen molar-refractivity contribution in [2.75, 3.05) is 13.6 Å². The van der Waals surface area contributed by atoms with E-state index in [1.54, 1.807) is 0 Å². The van der Waals surface area contributed by atoms with Crippen molar-refractivity contribution in [2.24, 2.45) is 13.0 Å². The Kier molecular flexibility index (Phi) is 5.69. The van der Waals surface area contributed by atoms with E-state index in [1.165, 1.54) is 11.3 Å². The Bertz CT molecular complexity index is 821. The van der Waals surface area contributed by atoms with Crippen molar-refractivity contribution in [3.05, 3.63) is 34.4 Å². The molecule has 2 atom stereocenters. The highest BCUT2D eigenvalue weighted by Crippen LogP contribution is 2.37. The molecule has 2 aromatic heterocycles. The van der Waals surface area contributed by atoms with Crippen LogP contribution in [0.3, 0.4) is 0 Å². The van der Waals surface area contributed by atoms with E-state index in [4.69, 9.17) is 0 Å². The summed E-state index contributed by atoms with van der Waals surface area (Å²) in [5.41, 5.74) is 5.88. The fourth-order valence-corrected chi connectivity index (χ4v) is 4.21. The van der Waals surface area contributed by atoms with E-state index >= 15 is 0 Å². The van der Waals surface area contributed by atoms with Gasteiger partial charge >= 0.3 is 0 Å². The maximum atomic E-state index is 12.4. The second-order valence-electron chi connectivity index (χ2n) is 7.73. The quantitative estimate of drug-likeness (QED) is 0.809. The second-order valence-corrected chi connectivity index (χ2v) is 7.73. The molecule has 1 fully saturated rings. The Morgan fingerprint density at radius 3 is 2.59 bits per heavy atom. The highest BCUT2D eigenvalue weighted by atomic mass is 16.2. The summed E-state index contributed by atoms with van der Waals surface area (Å²) in [5, 5.41) is 12.6. The minimum atomic E-state index is 0.0868.